The summed E-state index contributed by atoms with van der Waals surface area (Å²) in [5, 5.41) is 21.1. The predicted molar refractivity (Wildman–Crippen MR) is 182 cm³/mol. The molecule has 53 heavy (non-hydrogen) atoms. The number of halogens is 1. The Morgan fingerprint density at radius 2 is 1.83 bits per heavy atom. The number of ether oxygens (including phenoxy) is 5. The number of hydrogen-bond acceptors (Lipinski definition) is 13. The van der Waals surface area contributed by atoms with E-state index in [1.54, 1.807) is 26.8 Å². The average Bonchev–Trinajstić information content (AvgIpc) is 3.51. The van der Waals surface area contributed by atoms with Gasteiger partial charge in [0.05, 0.1) is 44.5 Å². The lowest BCUT2D eigenvalue weighted by molar-refractivity contribution is -0.757. The minimum atomic E-state index is -2.11. The van der Waals surface area contributed by atoms with Crippen molar-refractivity contribution in [1.82, 2.24) is 0 Å². The van der Waals surface area contributed by atoms with E-state index in [-0.39, 0.29) is 62.4 Å². The zero-order valence-corrected chi connectivity index (χ0v) is 30.5. The van der Waals surface area contributed by atoms with Crippen LogP contribution in [0.25, 0.3) is 0 Å². The highest BCUT2D eigenvalue weighted by Gasteiger charge is 2.80. The molecule has 1 aromatic rings. The monoisotopic (exact) mass is 743 g/mol. The largest absolute Gasteiger partial charge is 0.496 e. The van der Waals surface area contributed by atoms with Gasteiger partial charge in [-0.05, 0) is 77.0 Å². The molecule has 2 saturated carbocycles. The Morgan fingerprint density at radius 1 is 1.09 bits per heavy atom. The highest BCUT2D eigenvalue weighted by atomic mass is 19.1. The van der Waals surface area contributed by atoms with Gasteiger partial charge in [0, 0.05) is 28.7 Å². The topological polar surface area (TPSA) is 187 Å². The van der Waals surface area contributed by atoms with Crippen LogP contribution in [-0.2, 0) is 44.6 Å². The first kappa shape index (κ1) is 38.5. The van der Waals surface area contributed by atoms with Crippen LogP contribution in [0.5, 0.6) is 5.75 Å². The predicted octanol–water partition coefficient (Wildman–Crippen LogP) is 4.37. The number of methoxy groups -OCH3 is 1. The van der Waals surface area contributed by atoms with E-state index in [1.165, 1.54) is 31.4 Å². The smallest absolute Gasteiger partial charge is 0.338 e. The van der Waals surface area contributed by atoms with Gasteiger partial charge in [-0.3, -0.25) is 14.4 Å². The van der Waals surface area contributed by atoms with Crippen molar-refractivity contribution in [1.29, 1.82) is 0 Å². The maximum atomic E-state index is 17.7. The van der Waals surface area contributed by atoms with Gasteiger partial charge in [0.25, 0.3) is 5.09 Å². The zero-order chi connectivity index (χ0) is 38.6. The fourth-order valence-corrected chi connectivity index (χ4v) is 9.78. The highest BCUT2D eigenvalue weighted by Crippen LogP contribution is 2.72. The first-order valence-corrected chi connectivity index (χ1v) is 17.9. The zero-order valence-electron chi connectivity index (χ0n) is 30.5. The average molecular weight is 744 g/mol. The molecule has 14 nitrogen and oxygen atoms in total. The second-order valence-electron chi connectivity index (χ2n) is 15.5. The van der Waals surface area contributed by atoms with E-state index in [0.29, 0.717) is 24.0 Å². The lowest BCUT2D eigenvalue weighted by Gasteiger charge is -2.62. The van der Waals surface area contributed by atoms with E-state index >= 15 is 4.39 Å². The van der Waals surface area contributed by atoms with Crippen LogP contribution in [0.15, 0.2) is 42.0 Å². The third-order valence-electron chi connectivity index (χ3n) is 12.2. The van der Waals surface area contributed by atoms with E-state index < -0.39 is 81.3 Å². The van der Waals surface area contributed by atoms with Crippen LogP contribution in [0.1, 0.15) is 82.1 Å². The van der Waals surface area contributed by atoms with Gasteiger partial charge in [-0.1, -0.05) is 30.7 Å². The molecular formula is C38H46FNO13. The van der Waals surface area contributed by atoms with Gasteiger partial charge in [0.15, 0.2) is 29.4 Å². The van der Waals surface area contributed by atoms with Gasteiger partial charge in [0.2, 0.25) is 5.78 Å². The summed E-state index contributed by atoms with van der Waals surface area (Å²) in [6.07, 6.45) is 3.49. The van der Waals surface area contributed by atoms with Crippen LogP contribution in [0.2, 0.25) is 0 Å². The molecule has 15 heteroatoms. The number of unbranched alkanes of at least 4 members (excludes halogenated alkanes) is 1. The van der Waals surface area contributed by atoms with Gasteiger partial charge in [-0.15, -0.1) is 10.1 Å². The Kier molecular flexibility index (Phi) is 10.1. The highest BCUT2D eigenvalue weighted by molar-refractivity contribution is 5.94. The minimum absolute atomic E-state index is 0.0174. The van der Waals surface area contributed by atoms with Crippen molar-refractivity contribution in [3.63, 3.8) is 0 Å². The third kappa shape index (κ3) is 6.33. The number of fused-ring (bicyclic) bond motifs is 7. The fourth-order valence-electron chi connectivity index (χ4n) is 9.78. The number of carbonyl (C=O) groups excluding carboxylic acids is 4. The van der Waals surface area contributed by atoms with E-state index in [9.17, 15) is 34.4 Å². The number of aliphatic hydroxyl groups excluding tert-OH is 1. The van der Waals surface area contributed by atoms with Gasteiger partial charge < -0.3 is 33.6 Å². The van der Waals surface area contributed by atoms with Crippen LogP contribution in [0, 0.1) is 32.8 Å². The molecule has 0 bridgehead atoms. The summed E-state index contributed by atoms with van der Waals surface area (Å²) in [6.45, 7) is 6.17. The first-order chi connectivity index (χ1) is 24.9. The lowest BCUT2D eigenvalue weighted by atomic mass is 9.45. The normalized spacial score (nSPS) is 34.8. The molecule has 3 fully saturated rings. The number of hydrogen-bond donors (Lipinski definition) is 1. The molecule has 0 aromatic heterocycles. The Balaban J connectivity index is 1.15. The molecule has 5 aliphatic rings. The van der Waals surface area contributed by atoms with Crippen molar-refractivity contribution in [2.24, 2.45) is 22.7 Å². The molecule has 1 aromatic carbocycles. The summed E-state index contributed by atoms with van der Waals surface area (Å²) in [7, 11) is 1.37. The molecular weight excluding hydrogens is 697 g/mol. The van der Waals surface area contributed by atoms with E-state index in [2.05, 4.69) is 4.84 Å². The summed E-state index contributed by atoms with van der Waals surface area (Å²) < 4.78 is 46.7. The SMILES string of the molecule is COc1cc(C(=O)OCCCCO[N+](=O)[O-])ccc1CC(=O)OCC(=O)[C@@]12OC(C)(C)O[C@@H]1C[C@H]1C3CC=C4CC(=O)C=C[C@]4(C)[C@@]3(F)[C@@H](O)C[C@@]12C. The number of allylic oxidation sites excluding steroid dienone is 4. The molecule has 0 amide bonds. The number of Topliss-reactive ketones (excluding diaryl/α,β-unsaturated/α-hetero) is 1. The standard InChI is InChI=1S/C38H46FNO13/c1-34(2)52-31-19-27-26-11-10-24-18-25(41)12-13-35(24,3)37(26,39)29(42)20-36(27,4)38(31,53-34)30(43)21-50-32(44)17-22-8-9-23(16-28(22)48-5)33(45)49-14-6-7-15-51-40(46)47/h8-10,12-13,16,26-27,29,31,42H,6-7,11,14-15,17-21H2,1-5H3/t26?,27-,29-,31+,35-,36-,37-,38+/m0/s1. The number of esters is 2. The maximum Gasteiger partial charge on any atom is 0.338 e. The minimum Gasteiger partial charge on any atom is -0.496 e. The fraction of sp³-hybridized carbons (Fsp3) is 0.632. The molecule has 8 atom stereocenters. The summed E-state index contributed by atoms with van der Waals surface area (Å²) in [5.41, 5.74) is -4.86. The van der Waals surface area contributed by atoms with Crippen molar-refractivity contribution in [2.45, 2.75) is 102 Å². The second-order valence-corrected chi connectivity index (χ2v) is 15.5. The number of aliphatic hydroxyl groups is 1. The summed E-state index contributed by atoms with van der Waals surface area (Å²) in [5.74, 6) is -4.21. The van der Waals surface area contributed by atoms with Crippen LogP contribution in [-0.4, -0.2) is 89.9 Å². The van der Waals surface area contributed by atoms with Crippen LogP contribution in [0.4, 0.5) is 4.39 Å². The number of alkyl halides is 1. The molecule has 1 unspecified atom stereocenters. The summed E-state index contributed by atoms with van der Waals surface area (Å²) in [4.78, 5) is 66.8. The van der Waals surface area contributed by atoms with Crippen molar-refractivity contribution >= 4 is 23.5 Å². The molecule has 1 N–H and O–H groups in total. The molecule has 1 saturated heterocycles. The van der Waals surface area contributed by atoms with E-state index in [0.717, 1.165) is 0 Å². The van der Waals surface area contributed by atoms with Crippen molar-refractivity contribution in [3.05, 3.63) is 63.2 Å². The van der Waals surface area contributed by atoms with Crippen LogP contribution >= 0.6 is 0 Å². The Hall–Kier alpha value is -4.21. The number of benzene rings is 1. The Bertz CT molecular complexity index is 1760. The van der Waals surface area contributed by atoms with Crippen LogP contribution in [0.3, 0.4) is 0 Å². The molecule has 0 radical (unpaired) electrons. The van der Waals surface area contributed by atoms with Gasteiger partial charge in [0.1, 0.15) is 5.75 Å². The summed E-state index contributed by atoms with van der Waals surface area (Å²) in [6, 6.07) is 4.37. The number of rotatable bonds is 13. The molecule has 1 aliphatic heterocycles. The first-order valence-electron chi connectivity index (χ1n) is 17.9. The number of nitrogens with zero attached hydrogens (tertiary/aromatic N) is 1. The van der Waals surface area contributed by atoms with Gasteiger partial charge >= 0.3 is 11.9 Å². The third-order valence-corrected chi connectivity index (χ3v) is 12.2. The van der Waals surface area contributed by atoms with E-state index in [1.807, 2.05) is 13.0 Å². The number of ketones is 2. The molecule has 0 spiro atoms. The van der Waals surface area contributed by atoms with Gasteiger partial charge in [-0.2, -0.15) is 0 Å². The summed E-state index contributed by atoms with van der Waals surface area (Å²) >= 11 is 0. The van der Waals surface area contributed by atoms with Crippen molar-refractivity contribution in [3.8, 4) is 5.75 Å². The lowest BCUT2D eigenvalue weighted by Crippen LogP contribution is -2.69. The second kappa shape index (κ2) is 13.9. The molecule has 288 valence electrons. The number of carbonyl (C=O) groups is 4. The molecule has 4 aliphatic carbocycles. The van der Waals surface area contributed by atoms with E-state index in [4.69, 9.17) is 23.7 Å². The Labute approximate surface area is 306 Å². The van der Waals surface area contributed by atoms with Gasteiger partial charge in [-0.25, -0.2) is 9.18 Å². The molecule has 1 heterocycles. The maximum absolute atomic E-state index is 17.7. The Morgan fingerprint density at radius 3 is 2.55 bits per heavy atom. The van der Waals surface area contributed by atoms with Crippen molar-refractivity contribution in [2.75, 3.05) is 26.9 Å². The van der Waals surface area contributed by atoms with Crippen LogP contribution < -0.4 is 4.74 Å². The van der Waals surface area contributed by atoms with Crippen molar-refractivity contribution < 1.29 is 62.3 Å². The molecule has 6 rings (SSSR count). The quantitative estimate of drug-likeness (QED) is 0.0988.